The van der Waals surface area contributed by atoms with Crippen molar-refractivity contribution in [2.45, 2.75) is 32.6 Å². The van der Waals surface area contributed by atoms with Crippen molar-refractivity contribution in [3.8, 4) is 0 Å². The Bertz CT molecular complexity index is 273. The molecule has 0 aromatic rings. The van der Waals surface area contributed by atoms with Crippen LogP contribution in [0.15, 0.2) is 0 Å². The molecule has 0 aliphatic carbocycles. The van der Waals surface area contributed by atoms with E-state index in [1.54, 1.807) is 11.9 Å². The first-order valence-corrected chi connectivity index (χ1v) is 6.22. The minimum absolute atomic E-state index is 0.0299. The van der Waals surface area contributed by atoms with Crippen LogP contribution in [0.5, 0.6) is 0 Å². The summed E-state index contributed by atoms with van der Waals surface area (Å²) in [5.74, 6) is -0.103. The molecule has 17 heavy (non-hydrogen) atoms. The molecule has 0 aromatic carbocycles. The van der Waals surface area contributed by atoms with Crippen LogP contribution in [-0.4, -0.2) is 53.6 Å². The summed E-state index contributed by atoms with van der Waals surface area (Å²) < 4.78 is 0. The van der Waals surface area contributed by atoms with Gasteiger partial charge in [-0.1, -0.05) is 6.92 Å². The second-order valence-corrected chi connectivity index (χ2v) is 4.87. The zero-order valence-electron chi connectivity index (χ0n) is 10.7. The minimum atomic E-state index is -0.808. The second kappa shape index (κ2) is 6.47. The second-order valence-electron chi connectivity index (χ2n) is 4.87. The molecule has 2 amide bonds. The Balaban J connectivity index is 2.28. The van der Waals surface area contributed by atoms with Crippen molar-refractivity contribution in [2.24, 2.45) is 5.92 Å². The number of aliphatic carboxylic acids is 1. The molecule has 0 bridgehead atoms. The summed E-state index contributed by atoms with van der Waals surface area (Å²) in [5.41, 5.74) is 0. The molecule has 1 heterocycles. The number of carboxylic acids is 1. The molecular formula is C12H22N2O3. The number of hydrogen-bond donors (Lipinski definition) is 1. The fraction of sp³-hybridized carbons (Fsp3) is 0.833. The third-order valence-electron chi connectivity index (χ3n) is 3.26. The highest BCUT2D eigenvalue weighted by molar-refractivity contribution is 5.74. The number of piperidine rings is 1. The van der Waals surface area contributed by atoms with E-state index in [1.165, 1.54) is 0 Å². The van der Waals surface area contributed by atoms with E-state index < -0.39 is 5.97 Å². The average Bonchev–Trinajstić information content (AvgIpc) is 2.28. The fourth-order valence-corrected chi connectivity index (χ4v) is 2.00. The van der Waals surface area contributed by atoms with Crippen LogP contribution in [0.25, 0.3) is 0 Å². The molecule has 0 unspecified atom stereocenters. The van der Waals surface area contributed by atoms with E-state index in [0.717, 1.165) is 25.9 Å². The van der Waals surface area contributed by atoms with Crippen molar-refractivity contribution >= 4 is 12.0 Å². The van der Waals surface area contributed by atoms with Gasteiger partial charge in [0, 0.05) is 33.1 Å². The zero-order chi connectivity index (χ0) is 12.8. The lowest BCUT2D eigenvalue weighted by Gasteiger charge is -2.33. The van der Waals surface area contributed by atoms with Gasteiger partial charge < -0.3 is 14.9 Å². The fourth-order valence-electron chi connectivity index (χ4n) is 2.00. The van der Waals surface area contributed by atoms with Crippen molar-refractivity contribution < 1.29 is 14.7 Å². The molecule has 0 aromatic heterocycles. The molecule has 0 radical (unpaired) electrons. The van der Waals surface area contributed by atoms with Crippen molar-refractivity contribution in [3.05, 3.63) is 0 Å². The van der Waals surface area contributed by atoms with Crippen molar-refractivity contribution in [3.63, 3.8) is 0 Å². The molecule has 5 heteroatoms. The smallest absolute Gasteiger partial charge is 0.319 e. The van der Waals surface area contributed by atoms with E-state index in [2.05, 4.69) is 6.92 Å². The summed E-state index contributed by atoms with van der Waals surface area (Å²) in [7, 11) is 1.74. The Morgan fingerprint density at radius 2 is 1.94 bits per heavy atom. The van der Waals surface area contributed by atoms with Gasteiger partial charge in [-0.25, -0.2) is 4.79 Å². The Hall–Kier alpha value is -1.26. The maximum Gasteiger partial charge on any atom is 0.319 e. The first kappa shape index (κ1) is 13.8. The molecule has 1 aliphatic heterocycles. The number of carbonyl (C=O) groups is 2. The summed E-state index contributed by atoms with van der Waals surface area (Å²) in [6.45, 7) is 4.36. The van der Waals surface area contributed by atoms with Gasteiger partial charge in [0.15, 0.2) is 0 Å². The third kappa shape index (κ3) is 4.63. The molecular weight excluding hydrogens is 220 g/mol. The van der Waals surface area contributed by atoms with Crippen molar-refractivity contribution in [1.29, 1.82) is 0 Å². The number of carbonyl (C=O) groups excluding carboxylic acids is 1. The van der Waals surface area contributed by atoms with Crippen LogP contribution < -0.4 is 0 Å². The zero-order valence-corrected chi connectivity index (χ0v) is 10.7. The quantitative estimate of drug-likeness (QED) is 0.815. The first-order valence-electron chi connectivity index (χ1n) is 6.22. The van der Waals surface area contributed by atoms with Crippen LogP contribution in [0.1, 0.15) is 32.6 Å². The number of rotatable bonds is 4. The first-order chi connectivity index (χ1) is 8.00. The third-order valence-corrected chi connectivity index (χ3v) is 3.26. The molecule has 1 aliphatic rings. The molecule has 0 atom stereocenters. The Labute approximate surface area is 102 Å². The summed E-state index contributed by atoms with van der Waals surface area (Å²) >= 11 is 0. The number of hydrogen-bond acceptors (Lipinski definition) is 2. The number of nitrogens with zero attached hydrogens (tertiary/aromatic N) is 2. The van der Waals surface area contributed by atoms with E-state index in [0.29, 0.717) is 18.9 Å². The lowest BCUT2D eigenvalue weighted by atomic mass is 10.00. The number of carboxylic acid groups (broad SMARTS) is 1. The molecule has 5 nitrogen and oxygen atoms in total. The van der Waals surface area contributed by atoms with Gasteiger partial charge in [-0.15, -0.1) is 0 Å². The number of likely N-dealkylation sites (tertiary alicyclic amines) is 1. The monoisotopic (exact) mass is 242 g/mol. The van der Waals surface area contributed by atoms with Gasteiger partial charge in [0.25, 0.3) is 0 Å². The predicted octanol–water partition coefficient (Wildman–Crippen LogP) is 1.63. The number of urea groups is 1. The van der Waals surface area contributed by atoms with Gasteiger partial charge in [0.1, 0.15) is 0 Å². The van der Waals surface area contributed by atoms with E-state index in [1.807, 2.05) is 4.90 Å². The van der Waals surface area contributed by atoms with Crippen molar-refractivity contribution in [2.75, 3.05) is 26.7 Å². The highest BCUT2D eigenvalue weighted by Gasteiger charge is 2.22. The van der Waals surface area contributed by atoms with Gasteiger partial charge in [-0.2, -0.15) is 0 Å². The van der Waals surface area contributed by atoms with E-state index >= 15 is 0 Å². The maximum absolute atomic E-state index is 12.0. The molecule has 1 saturated heterocycles. The summed E-state index contributed by atoms with van der Waals surface area (Å²) in [4.78, 5) is 25.8. The van der Waals surface area contributed by atoms with Gasteiger partial charge >= 0.3 is 12.0 Å². The number of amides is 2. The molecule has 1 rings (SSSR count). The van der Waals surface area contributed by atoms with Crippen LogP contribution in [0, 0.1) is 5.92 Å². The van der Waals surface area contributed by atoms with Gasteiger partial charge in [-0.3, -0.25) is 4.79 Å². The van der Waals surface area contributed by atoms with Crippen molar-refractivity contribution in [1.82, 2.24) is 9.80 Å². The van der Waals surface area contributed by atoms with E-state index in [4.69, 9.17) is 5.11 Å². The molecule has 0 saturated carbocycles. The van der Waals surface area contributed by atoms with Crippen LogP contribution in [0.3, 0.4) is 0 Å². The molecule has 0 spiro atoms. The van der Waals surface area contributed by atoms with Gasteiger partial charge in [-0.05, 0) is 25.2 Å². The molecule has 1 N–H and O–H groups in total. The topological polar surface area (TPSA) is 60.9 Å². The van der Waals surface area contributed by atoms with Gasteiger partial charge in [0.05, 0.1) is 0 Å². The standard InChI is InChI=1S/C12H22N2O3/c1-10-5-8-14(9-6-10)12(17)13(2)7-3-4-11(15)16/h10H,3-9H2,1-2H3,(H,15,16). The summed E-state index contributed by atoms with van der Waals surface area (Å²) in [5, 5.41) is 8.53. The Kier molecular flexibility index (Phi) is 5.25. The van der Waals surface area contributed by atoms with Crippen LogP contribution in [-0.2, 0) is 4.79 Å². The molecule has 1 fully saturated rings. The average molecular weight is 242 g/mol. The van der Waals surface area contributed by atoms with Crippen LogP contribution >= 0.6 is 0 Å². The van der Waals surface area contributed by atoms with Gasteiger partial charge in [0.2, 0.25) is 0 Å². The SMILES string of the molecule is CC1CCN(C(=O)N(C)CCCC(=O)O)CC1. The molecule has 98 valence electrons. The largest absolute Gasteiger partial charge is 0.481 e. The lowest BCUT2D eigenvalue weighted by Crippen LogP contribution is -2.45. The van der Waals surface area contributed by atoms with E-state index in [9.17, 15) is 9.59 Å². The Morgan fingerprint density at radius 1 is 1.35 bits per heavy atom. The normalized spacial score (nSPS) is 16.9. The van der Waals surface area contributed by atoms with E-state index in [-0.39, 0.29) is 12.5 Å². The highest BCUT2D eigenvalue weighted by Crippen LogP contribution is 2.16. The summed E-state index contributed by atoms with van der Waals surface area (Å²) in [6, 6.07) is 0.0299. The predicted molar refractivity (Wildman–Crippen MR) is 64.9 cm³/mol. The van der Waals surface area contributed by atoms with Crippen LogP contribution in [0.4, 0.5) is 4.79 Å². The maximum atomic E-state index is 12.0. The summed E-state index contributed by atoms with van der Waals surface area (Å²) in [6.07, 6.45) is 2.76. The highest BCUT2D eigenvalue weighted by atomic mass is 16.4. The lowest BCUT2D eigenvalue weighted by molar-refractivity contribution is -0.137. The Morgan fingerprint density at radius 3 is 2.47 bits per heavy atom. The van der Waals surface area contributed by atoms with Crippen LogP contribution in [0.2, 0.25) is 0 Å². The minimum Gasteiger partial charge on any atom is -0.481 e.